The summed E-state index contributed by atoms with van der Waals surface area (Å²) < 4.78 is 5.26. The van der Waals surface area contributed by atoms with Crippen LogP contribution in [0.2, 0.25) is 0 Å². The van der Waals surface area contributed by atoms with Gasteiger partial charge >= 0.3 is 0 Å². The fourth-order valence-electron chi connectivity index (χ4n) is 2.32. The molecular weight excluding hydrogens is 262 g/mol. The molecule has 0 radical (unpaired) electrons. The Morgan fingerprint density at radius 2 is 2.10 bits per heavy atom. The second-order valence-electron chi connectivity index (χ2n) is 5.15. The number of anilines is 1. The molecule has 116 valence electrons. The maximum Gasteiger partial charge on any atom is 0.227 e. The van der Waals surface area contributed by atoms with Crippen molar-refractivity contribution in [3.05, 3.63) is 36.4 Å². The molecule has 0 bridgehead atoms. The predicted molar refractivity (Wildman–Crippen MR) is 88.7 cm³/mol. The Balaban J connectivity index is 2.50. The van der Waals surface area contributed by atoms with Gasteiger partial charge in [0, 0.05) is 5.92 Å². The molecule has 1 aromatic rings. The van der Waals surface area contributed by atoms with Crippen LogP contribution in [0.25, 0.3) is 0 Å². The summed E-state index contributed by atoms with van der Waals surface area (Å²) in [7, 11) is 1.61. The molecule has 0 aromatic heterocycles. The molecule has 0 saturated heterocycles. The third-order valence-corrected chi connectivity index (χ3v) is 3.64. The number of rotatable bonds is 9. The van der Waals surface area contributed by atoms with Gasteiger partial charge in [0.1, 0.15) is 5.75 Å². The molecule has 1 atom stereocenters. The molecule has 1 aromatic carbocycles. The lowest BCUT2D eigenvalue weighted by molar-refractivity contribution is -0.120. The number of amides is 1. The van der Waals surface area contributed by atoms with Gasteiger partial charge in [-0.2, -0.15) is 0 Å². The summed E-state index contributed by atoms with van der Waals surface area (Å²) in [6, 6.07) is 7.52. The van der Waals surface area contributed by atoms with Gasteiger partial charge in [-0.25, -0.2) is 0 Å². The molecule has 0 aliphatic heterocycles. The number of para-hydroxylation sites is 2. The first kappa shape index (κ1) is 17.3. The summed E-state index contributed by atoms with van der Waals surface area (Å²) in [6.45, 7) is 4.11. The standard InChI is InChI=1S/C18H27NO2/c1-4-6-7-8-9-12-15(5-2)18(20)19-16-13-10-11-14-17(16)21-3/h4,6,10-11,13-15H,5,7-9,12H2,1-3H3,(H,19,20). The lowest BCUT2D eigenvalue weighted by atomic mass is 9.97. The highest BCUT2D eigenvalue weighted by Gasteiger charge is 2.17. The zero-order valence-corrected chi connectivity index (χ0v) is 13.4. The largest absolute Gasteiger partial charge is 0.495 e. The number of unbranched alkanes of at least 4 members (excludes halogenated alkanes) is 2. The Bertz CT molecular complexity index is 454. The molecule has 0 saturated carbocycles. The average molecular weight is 289 g/mol. The fourth-order valence-corrected chi connectivity index (χ4v) is 2.32. The monoisotopic (exact) mass is 289 g/mol. The van der Waals surface area contributed by atoms with E-state index in [1.54, 1.807) is 7.11 Å². The van der Waals surface area contributed by atoms with Crippen LogP contribution in [0.5, 0.6) is 5.75 Å². The molecule has 3 heteroatoms. The summed E-state index contributed by atoms with van der Waals surface area (Å²) >= 11 is 0. The first-order chi connectivity index (χ1) is 10.2. The van der Waals surface area contributed by atoms with E-state index in [0.29, 0.717) is 5.75 Å². The fraction of sp³-hybridized carbons (Fsp3) is 0.500. The molecule has 0 spiro atoms. The van der Waals surface area contributed by atoms with Gasteiger partial charge in [-0.15, -0.1) is 0 Å². The van der Waals surface area contributed by atoms with Crippen LogP contribution in [0.15, 0.2) is 36.4 Å². The zero-order valence-electron chi connectivity index (χ0n) is 13.4. The van der Waals surface area contributed by atoms with Crippen LogP contribution in [0.4, 0.5) is 5.69 Å². The number of nitrogens with one attached hydrogen (secondary N) is 1. The highest BCUT2D eigenvalue weighted by Crippen LogP contribution is 2.25. The van der Waals surface area contributed by atoms with E-state index in [0.717, 1.165) is 37.8 Å². The third kappa shape index (κ3) is 6.03. The summed E-state index contributed by atoms with van der Waals surface area (Å²) in [5, 5.41) is 2.99. The van der Waals surface area contributed by atoms with Crippen LogP contribution in [0.1, 0.15) is 46.0 Å². The van der Waals surface area contributed by atoms with Crippen LogP contribution >= 0.6 is 0 Å². The molecule has 0 heterocycles. The van der Waals surface area contributed by atoms with Gasteiger partial charge in [-0.3, -0.25) is 4.79 Å². The first-order valence-corrected chi connectivity index (χ1v) is 7.78. The average Bonchev–Trinajstić information content (AvgIpc) is 2.51. The van der Waals surface area contributed by atoms with E-state index >= 15 is 0 Å². The van der Waals surface area contributed by atoms with E-state index < -0.39 is 0 Å². The van der Waals surface area contributed by atoms with E-state index in [1.165, 1.54) is 0 Å². The smallest absolute Gasteiger partial charge is 0.227 e. The van der Waals surface area contributed by atoms with E-state index in [1.807, 2.05) is 31.2 Å². The Kier molecular flexibility index (Phi) is 8.25. The van der Waals surface area contributed by atoms with Gasteiger partial charge in [0.15, 0.2) is 0 Å². The quantitative estimate of drug-likeness (QED) is 0.524. The van der Waals surface area contributed by atoms with Gasteiger partial charge in [-0.05, 0) is 44.7 Å². The van der Waals surface area contributed by atoms with Crippen molar-refractivity contribution in [2.75, 3.05) is 12.4 Å². The molecule has 0 aliphatic rings. The minimum absolute atomic E-state index is 0.0699. The topological polar surface area (TPSA) is 38.3 Å². The van der Waals surface area contributed by atoms with Crippen molar-refractivity contribution in [3.63, 3.8) is 0 Å². The Morgan fingerprint density at radius 3 is 2.76 bits per heavy atom. The van der Waals surface area contributed by atoms with Crippen molar-refractivity contribution in [2.45, 2.75) is 46.0 Å². The zero-order chi connectivity index (χ0) is 15.5. The van der Waals surface area contributed by atoms with Gasteiger partial charge < -0.3 is 10.1 Å². The number of ether oxygens (including phenoxy) is 1. The van der Waals surface area contributed by atoms with Crippen LogP contribution in [-0.4, -0.2) is 13.0 Å². The number of hydrogen-bond donors (Lipinski definition) is 1. The number of carbonyl (C=O) groups is 1. The molecular formula is C18H27NO2. The van der Waals surface area contributed by atoms with Crippen molar-refractivity contribution >= 4 is 11.6 Å². The van der Waals surface area contributed by atoms with Crippen molar-refractivity contribution in [1.29, 1.82) is 0 Å². The van der Waals surface area contributed by atoms with E-state index in [9.17, 15) is 4.79 Å². The molecule has 1 N–H and O–H groups in total. The Hall–Kier alpha value is -1.77. The van der Waals surface area contributed by atoms with Crippen LogP contribution in [0.3, 0.4) is 0 Å². The molecule has 1 rings (SSSR count). The Labute approximate surface area is 128 Å². The number of methoxy groups -OCH3 is 1. The second kappa shape index (κ2) is 10.0. The van der Waals surface area contributed by atoms with E-state index in [4.69, 9.17) is 4.74 Å². The predicted octanol–water partition coefficient (Wildman–Crippen LogP) is 4.80. The number of benzene rings is 1. The maximum absolute atomic E-state index is 12.4. The molecule has 0 aliphatic carbocycles. The highest BCUT2D eigenvalue weighted by molar-refractivity contribution is 5.93. The lowest BCUT2D eigenvalue weighted by Gasteiger charge is -2.16. The molecule has 1 unspecified atom stereocenters. The maximum atomic E-state index is 12.4. The molecule has 0 fully saturated rings. The van der Waals surface area contributed by atoms with E-state index in [2.05, 4.69) is 24.4 Å². The van der Waals surface area contributed by atoms with Crippen molar-refractivity contribution in [2.24, 2.45) is 5.92 Å². The summed E-state index contributed by atoms with van der Waals surface area (Å²) in [5.41, 5.74) is 0.748. The number of allylic oxidation sites excluding steroid dienone is 2. The highest BCUT2D eigenvalue weighted by atomic mass is 16.5. The molecule has 21 heavy (non-hydrogen) atoms. The van der Waals surface area contributed by atoms with Gasteiger partial charge in [0.25, 0.3) is 0 Å². The number of carbonyl (C=O) groups excluding carboxylic acids is 1. The summed E-state index contributed by atoms with van der Waals surface area (Å²) in [4.78, 5) is 12.4. The summed E-state index contributed by atoms with van der Waals surface area (Å²) in [6.07, 6.45) is 9.38. The van der Waals surface area contributed by atoms with Crippen LogP contribution < -0.4 is 10.1 Å². The van der Waals surface area contributed by atoms with Crippen molar-refractivity contribution < 1.29 is 9.53 Å². The molecule has 1 amide bonds. The summed E-state index contributed by atoms with van der Waals surface area (Å²) in [5.74, 6) is 0.863. The van der Waals surface area contributed by atoms with Crippen molar-refractivity contribution in [1.82, 2.24) is 0 Å². The van der Waals surface area contributed by atoms with E-state index in [-0.39, 0.29) is 11.8 Å². The van der Waals surface area contributed by atoms with Crippen molar-refractivity contribution in [3.8, 4) is 5.75 Å². The van der Waals surface area contributed by atoms with Gasteiger partial charge in [-0.1, -0.05) is 37.6 Å². The van der Waals surface area contributed by atoms with Crippen LogP contribution in [0, 0.1) is 5.92 Å². The minimum Gasteiger partial charge on any atom is -0.495 e. The van der Waals surface area contributed by atoms with Gasteiger partial charge in [0.05, 0.1) is 12.8 Å². The third-order valence-electron chi connectivity index (χ3n) is 3.64. The minimum atomic E-state index is 0.0699. The first-order valence-electron chi connectivity index (χ1n) is 7.78. The Morgan fingerprint density at radius 1 is 1.33 bits per heavy atom. The van der Waals surface area contributed by atoms with Crippen LogP contribution in [-0.2, 0) is 4.79 Å². The molecule has 3 nitrogen and oxygen atoms in total. The SMILES string of the molecule is CC=CCCCCC(CC)C(=O)Nc1ccccc1OC. The number of hydrogen-bond acceptors (Lipinski definition) is 2. The van der Waals surface area contributed by atoms with Gasteiger partial charge in [0.2, 0.25) is 5.91 Å². The second-order valence-corrected chi connectivity index (χ2v) is 5.15. The lowest BCUT2D eigenvalue weighted by Crippen LogP contribution is -2.22. The normalized spacial score (nSPS) is 12.3.